The lowest BCUT2D eigenvalue weighted by Gasteiger charge is -2.33. The summed E-state index contributed by atoms with van der Waals surface area (Å²) < 4.78 is 10.4. The number of amides is 2. The number of pyridine rings is 1. The first-order valence-corrected chi connectivity index (χ1v) is 6.94. The molecule has 3 rings (SSSR count). The number of hydrogen-bond acceptors (Lipinski definition) is 5. The topological polar surface area (TPSA) is 75.7 Å². The van der Waals surface area contributed by atoms with E-state index < -0.39 is 0 Å². The van der Waals surface area contributed by atoms with Crippen molar-refractivity contribution in [2.75, 3.05) is 31.7 Å². The molecule has 1 saturated heterocycles. The summed E-state index contributed by atoms with van der Waals surface area (Å²) in [5.74, 6) is 0.821. The maximum atomic E-state index is 12.2. The molecule has 7 heteroatoms. The van der Waals surface area contributed by atoms with Crippen LogP contribution in [0.4, 0.5) is 10.5 Å². The molecular weight excluding hydrogens is 272 g/mol. The van der Waals surface area contributed by atoms with E-state index in [9.17, 15) is 4.79 Å². The van der Waals surface area contributed by atoms with E-state index in [-0.39, 0.29) is 18.9 Å². The second-order valence-corrected chi connectivity index (χ2v) is 4.99. The van der Waals surface area contributed by atoms with Gasteiger partial charge >= 0.3 is 6.03 Å². The molecule has 112 valence electrons. The van der Waals surface area contributed by atoms with Gasteiger partial charge in [-0.25, -0.2) is 4.79 Å². The zero-order chi connectivity index (χ0) is 14.5. The Hall–Kier alpha value is -2.28. The highest BCUT2D eigenvalue weighted by atomic mass is 16.7. The molecule has 2 aliphatic heterocycles. The van der Waals surface area contributed by atoms with Gasteiger partial charge in [-0.2, -0.15) is 0 Å². The van der Waals surface area contributed by atoms with Crippen LogP contribution in [-0.4, -0.2) is 48.4 Å². The van der Waals surface area contributed by atoms with E-state index in [2.05, 4.69) is 15.6 Å². The van der Waals surface area contributed by atoms with E-state index in [1.54, 1.807) is 29.6 Å². The van der Waals surface area contributed by atoms with Gasteiger partial charge in [0.05, 0.1) is 11.9 Å². The molecule has 2 N–H and O–H groups in total. The van der Waals surface area contributed by atoms with Gasteiger partial charge in [-0.3, -0.25) is 4.98 Å². The van der Waals surface area contributed by atoms with Gasteiger partial charge < -0.3 is 25.0 Å². The Morgan fingerprint density at radius 1 is 1.57 bits per heavy atom. The van der Waals surface area contributed by atoms with E-state index in [0.717, 1.165) is 18.7 Å². The lowest BCUT2D eigenvalue weighted by atomic mass is 10.1. The number of ether oxygens (including phenoxy) is 2. The lowest BCUT2D eigenvalue weighted by Crippen LogP contribution is -2.53. The van der Waals surface area contributed by atoms with E-state index in [1.807, 2.05) is 6.07 Å². The van der Waals surface area contributed by atoms with Crippen LogP contribution in [0.3, 0.4) is 0 Å². The maximum absolute atomic E-state index is 12.2. The molecule has 0 aromatic carbocycles. The van der Waals surface area contributed by atoms with Crippen LogP contribution in [0.1, 0.15) is 6.42 Å². The molecular formula is C14H18N4O3. The van der Waals surface area contributed by atoms with Crippen molar-refractivity contribution in [3.8, 4) is 0 Å². The summed E-state index contributed by atoms with van der Waals surface area (Å²) in [6.45, 7) is 2.36. The number of piperazine rings is 1. The quantitative estimate of drug-likeness (QED) is 0.872. The largest absolute Gasteiger partial charge is 0.462 e. The van der Waals surface area contributed by atoms with Crippen LogP contribution in [0.5, 0.6) is 0 Å². The lowest BCUT2D eigenvalue weighted by molar-refractivity contribution is 0.0749. The smallest absolute Gasteiger partial charge is 0.321 e. The average Bonchev–Trinajstić information content (AvgIpc) is 3.01. The number of aromatic nitrogens is 1. The molecule has 1 aromatic rings. The monoisotopic (exact) mass is 290 g/mol. The number of rotatable bonds is 3. The Balaban J connectivity index is 1.54. The molecule has 0 bridgehead atoms. The summed E-state index contributed by atoms with van der Waals surface area (Å²) >= 11 is 0. The fraction of sp³-hybridized carbons (Fsp3) is 0.429. The first-order valence-electron chi connectivity index (χ1n) is 6.94. The van der Waals surface area contributed by atoms with Crippen molar-refractivity contribution in [3.05, 3.63) is 36.5 Å². The number of anilines is 1. The number of nitrogens with zero attached hydrogens (tertiary/aromatic N) is 2. The molecule has 0 radical (unpaired) electrons. The van der Waals surface area contributed by atoms with Crippen molar-refractivity contribution in [3.63, 3.8) is 0 Å². The van der Waals surface area contributed by atoms with Crippen LogP contribution in [0.15, 0.2) is 36.5 Å². The normalized spacial score (nSPS) is 21.2. The van der Waals surface area contributed by atoms with Gasteiger partial charge in [0.25, 0.3) is 0 Å². The summed E-state index contributed by atoms with van der Waals surface area (Å²) in [7, 11) is 0. The van der Waals surface area contributed by atoms with Crippen molar-refractivity contribution in [1.29, 1.82) is 0 Å². The van der Waals surface area contributed by atoms with Gasteiger partial charge in [-0.1, -0.05) is 0 Å². The highest BCUT2D eigenvalue weighted by molar-refractivity contribution is 5.89. The highest BCUT2D eigenvalue weighted by Gasteiger charge is 2.25. The molecule has 0 spiro atoms. The first kappa shape index (κ1) is 13.7. The molecule has 1 fully saturated rings. The minimum absolute atomic E-state index is 0.105. The summed E-state index contributed by atoms with van der Waals surface area (Å²) in [5, 5.41) is 6.24. The highest BCUT2D eigenvalue weighted by Crippen LogP contribution is 2.16. The standard InChI is InChI=1S/C14H18N4O3/c19-14(17-11-2-1-3-15-7-11)18-5-4-16-12(8-18)6-13-9-20-10-21-13/h1-3,7,9,12,16H,4-6,8,10H2,(H,17,19). The van der Waals surface area contributed by atoms with Gasteiger partial charge in [-0.15, -0.1) is 0 Å². The van der Waals surface area contributed by atoms with Crippen molar-refractivity contribution >= 4 is 11.7 Å². The molecule has 0 aliphatic carbocycles. The zero-order valence-corrected chi connectivity index (χ0v) is 11.6. The minimum Gasteiger partial charge on any atom is -0.462 e. The Morgan fingerprint density at radius 3 is 3.29 bits per heavy atom. The fourth-order valence-corrected chi connectivity index (χ4v) is 2.41. The van der Waals surface area contributed by atoms with Gasteiger partial charge in [0.2, 0.25) is 6.79 Å². The van der Waals surface area contributed by atoms with Gasteiger partial charge in [-0.05, 0) is 12.1 Å². The number of carbonyl (C=O) groups excluding carboxylic acids is 1. The van der Waals surface area contributed by atoms with Gasteiger partial charge in [0, 0.05) is 38.3 Å². The van der Waals surface area contributed by atoms with Crippen LogP contribution < -0.4 is 10.6 Å². The third-order valence-electron chi connectivity index (χ3n) is 3.43. The zero-order valence-electron chi connectivity index (χ0n) is 11.6. The second-order valence-electron chi connectivity index (χ2n) is 4.99. The average molecular weight is 290 g/mol. The van der Waals surface area contributed by atoms with Gasteiger partial charge in [0.15, 0.2) is 0 Å². The SMILES string of the molecule is O=C(Nc1cccnc1)N1CCNC(CC2=COCO2)C1. The van der Waals surface area contributed by atoms with Crippen LogP contribution in [0.2, 0.25) is 0 Å². The summed E-state index contributed by atoms with van der Waals surface area (Å²) in [4.78, 5) is 18.0. The summed E-state index contributed by atoms with van der Waals surface area (Å²) in [6, 6.07) is 3.68. The molecule has 0 saturated carbocycles. The third kappa shape index (κ3) is 3.63. The second kappa shape index (κ2) is 6.45. The van der Waals surface area contributed by atoms with Crippen molar-refractivity contribution in [1.82, 2.24) is 15.2 Å². The molecule has 2 amide bonds. The molecule has 3 heterocycles. The van der Waals surface area contributed by atoms with Gasteiger partial charge in [0.1, 0.15) is 12.0 Å². The van der Waals surface area contributed by atoms with Crippen LogP contribution >= 0.6 is 0 Å². The van der Waals surface area contributed by atoms with Crippen molar-refractivity contribution in [2.45, 2.75) is 12.5 Å². The fourth-order valence-electron chi connectivity index (χ4n) is 2.41. The van der Waals surface area contributed by atoms with Crippen LogP contribution in [-0.2, 0) is 9.47 Å². The van der Waals surface area contributed by atoms with Crippen LogP contribution in [0.25, 0.3) is 0 Å². The third-order valence-corrected chi connectivity index (χ3v) is 3.43. The van der Waals surface area contributed by atoms with Crippen LogP contribution in [0, 0.1) is 0 Å². The Labute approximate surface area is 122 Å². The van der Waals surface area contributed by atoms with E-state index in [1.165, 1.54) is 0 Å². The molecule has 21 heavy (non-hydrogen) atoms. The number of hydrogen-bond donors (Lipinski definition) is 2. The molecule has 1 aromatic heterocycles. The van der Waals surface area contributed by atoms with E-state index in [0.29, 0.717) is 18.8 Å². The van der Waals surface area contributed by atoms with Crippen molar-refractivity contribution in [2.24, 2.45) is 0 Å². The van der Waals surface area contributed by atoms with Crippen molar-refractivity contribution < 1.29 is 14.3 Å². The predicted octanol–water partition coefficient (Wildman–Crippen LogP) is 1.12. The first-order chi connectivity index (χ1) is 10.3. The minimum atomic E-state index is -0.105. The summed E-state index contributed by atoms with van der Waals surface area (Å²) in [6.07, 6.45) is 5.66. The molecule has 1 unspecified atom stereocenters. The predicted molar refractivity (Wildman–Crippen MR) is 76.4 cm³/mol. The maximum Gasteiger partial charge on any atom is 0.321 e. The number of carbonyl (C=O) groups is 1. The Morgan fingerprint density at radius 2 is 2.52 bits per heavy atom. The molecule has 7 nitrogen and oxygen atoms in total. The Kier molecular flexibility index (Phi) is 4.20. The molecule has 1 atom stereocenters. The Bertz CT molecular complexity index is 520. The number of urea groups is 1. The van der Waals surface area contributed by atoms with E-state index in [4.69, 9.17) is 9.47 Å². The summed E-state index contributed by atoms with van der Waals surface area (Å²) in [5.41, 5.74) is 0.702. The molecule has 2 aliphatic rings. The number of nitrogens with one attached hydrogen (secondary N) is 2. The van der Waals surface area contributed by atoms with E-state index >= 15 is 0 Å².